The number of aliphatic imine (C=N–C) groups is 1. The Balaban J connectivity index is 0.00000144. The molecule has 4 N–H and O–H groups in total. The third kappa shape index (κ3) is 3.25. The largest absolute Gasteiger partial charge is 0.399 e. The van der Waals surface area contributed by atoms with E-state index in [4.69, 9.17) is 16.2 Å². The minimum absolute atomic E-state index is 0. The van der Waals surface area contributed by atoms with E-state index in [0.717, 1.165) is 0 Å². The highest BCUT2D eigenvalue weighted by atomic mass is 35.5. The Kier molecular flexibility index (Phi) is 5.86. The van der Waals surface area contributed by atoms with Crippen LogP contribution >= 0.6 is 24.8 Å². The fourth-order valence-electron chi connectivity index (χ4n) is 1.83. The van der Waals surface area contributed by atoms with Crippen LogP contribution in [0.1, 0.15) is 12.5 Å². The van der Waals surface area contributed by atoms with Crippen LogP contribution in [0, 0.1) is 5.82 Å². The maximum absolute atomic E-state index is 13.7. The van der Waals surface area contributed by atoms with Crippen molar-refractivity contribution in [2.75, 3.05) is 18.9 Å². The summed E-state index contributed by atoms with van der Waals surface area (Å²) in [5, 5.41) is 0. The number of nitrogens with zero attached hydrogens (tertiary/aromatic N) is 1. The number of hydrogen-bond donors (Lipinski definition) is 2. The van der Waals surface area contributed by atoms with E-state index in [1.807, 2.05) is 0 Å². The van der Waals surface area contributed by atoms with E-state index in [1.54, 1.807) is 13.0 Å². The lowest BCUT2D eigenvalue weighted by Gasteiger charge is -2.30. The molecule has 18 heavy (non-hydrogen) atoms. The lowest BCUT2D eigenvalue weighted by atomic mass is 9.92. The van der Waals surface area contributed by atoms with Gasteiger partial charge in [-0.25, -0.2) is 4.39 Å². The van der Waals surface area contributed by atoms with Crippen molar-refractivity contribution >= 4 is 36.3 Å². The van der Waals surface area contributed by atoms with Crippen molar-refractivity contribution in [1.29, 1.82) is 0 Å². The molecule has 0 aromatic heterocycles. The molecule has 0 saturated heterocycles. The highest BCUT2D eigenvalue weighted by Gasteiger charge is 2.32. The molecule has 7 heteroatoms. The average Bonchev–Trinajstić information content (AvgIpc) is 2.21. The minimum atomic E-state index is -0.790. The number of halogens is 3. The van der Waals surface area contributed by atoms with Crippen LogP contribution in [0.5, 0.6) is 0 Å². The smallest absolute Gasteiger partial charge is 0.129 e. The summed E-state index contributed by atoms with van der Waals surface area (Å²) in [6, 6.07) is 4.41. The number of nitrogens with two attached hydrogens (primary N) is 2. The van der Waals surface area contributed by atoms with Crippen molar-refractivity contribution in [3.63, 3.8) is 0 Å². The first kappa shape index (κ1) is 17.0. The van der Waals surface area contributed by atoms with Gasteiger partial charge in [-0.15, -0.1) is 24.8 Å². The first-order valence-electron chi connectivity index (χ1n) is 4.99. The van der Waals surface area contributed by atoms with Gasteiger partial charge in [0, 0.05) is 11.3 Å². The number of anilines is 1. The maximum atomic E-state index is 13.7. The topological polar surface area (TPSA) is 73.6 Å². The highest BCUT2D eigenvalue weighted by molar-refractivity contribution is 5.85. The molecule has 102 valence electrons. The highest BCUT2D eigenvalue weighted by Crippen LogP contribution is 2.31. The van der Waals surface area contributed by atoms with Gasteiger partial charge >= 0.3 is 0 Å². The minimum Gasteiger partial charge on any atom is -0.399 e. The SMILES string of the molecule is C[C@]1(c2cc(N)ccc2F)COCC(N)=N1.Cl.Cl. The van der Waals surface area contributed by atoms with Crippen LogP contribution in [0.2, 0.25) is 0 Å². The van der Waals surface area contributed by atoms with Crippen LogP contribution in [0.3, 0.4) is 0 Å². The Bertz CT molecular complexity index is 456. The molecule has 0 spiro atoms. The molecule has 1 aliphatic heterocycles. The molecule has 1 atom stereocenters. The Labute approximate surface area is 117 Å². The summed E-state index contributed by atoms with van der Waals surface area (Å²) < 4.78 is 19.0. The average molecular weight is 296 g/mol. The molecule has 0 fully saturated rings. The third-order valence-corrected chi connectivity index (χ3v) is 2.59. The van der Waals surface area contributed by atoms with Crippen LogP contribution in [0.25, 0.3) is 0 Å². The summed E-state index contributed by atoms with van der Waals surface area (Å²) in [5.41, 5.74) is 11.4. The summed E-state index contributed by atoms with van der Waals surface area (Å²) in [4.78, 5) is 4.26. The Morgan fingerprint density at radius 1 is 1.33 bits per heavy atom. The molecule has 0 amide bonds. The van der Waals surface area contributed by atoms with E-state index in [2.05, 4.69) is 4.99 Å². The van der Waals surface area contributed by atoms with E-state index in [1.165, 1.54) is 12.1 Å². The molecule has 0 unspecified atom stereocenters. The van der Waals surface area contributed by atoms with Gasteiger partial charge in [0.1, 0.15) is 23.8 Å². The third-order valence-electron chi connectivity index (χ3n) is 2.59. The summed E-state index contributed by atoms with van der Waals surface area (Å²) in [7, 11) is 0. The number of nitrogen functional groups attached to an aromatic ring is 1. The van der Waals surface area contributed by atoms with Gasteiger partial charge < -0.3 is 16.2 Å². The normalized spacial score (nSPS) is 22.4. The Hall–Kier alpha value is -1.04. The number of ether oxygens (including phenoxy) is 1. The molecule has 0 bridgehead atoms. The van der Waals surface area contributed by atoms with Crippen LogP contribution in [-0.2, 0) is 10.3 Å². The van der Waals surface area contributed by atoms with Gasteiger partial charge in [0.05, 0.1) is 6.61 Å². The molecule has 1 aromatic carbocycles. The second-order valence-electron chi connectivity index (χ2n) is 4.11. The van der Waals surface area contributed by atoms with E-state index >= 15 is 0 Å². The summed E-state index contributed by atoms with van der Waals surface area (Å²) >= 11 is 0. The molecule has 1 aromatic rings. The molecule has 1 heterocycles. The quantitative estimate of drug-likeness (QED) is 0.777. The zero-order chi connectivity index (χ0) is 11.8. The van der Waals surface area contributed by atoms with Crippen molar-refractivity contribution in [1.82, 2.24) is 0 Å². The zero-order valence-corrected chi connectivity index (χ0v) is 11.5. The van der Waals surface area contributed by atoms with Gasteiger partial charge in [0.2, 0.25) is 0 Å². The number of rotatable bonds is 1. The van der Waals surface area contributed by atoms with Crippen LogP contribution in [0.4, 0.5) is 10.1 Å². The van der Waals surface area contributed by atoms with Gasteiger partial charge in [-0.1, -0.05) is 0 Å². The molecule has 4 nitrogen and oxygen atoms in total. The van der Waals surface area contributed by atoms with E-state index in [0.29, 0.717) is 30.3 Å². The van der Waals surface area contributed by atoms with Crippen LogP contribution in [-0.4, -0.2) is 19.0 Å². The number of amidine groups is 1. The predicted molar refractivity (Wildman–Crippen MR) is 75.1 cm³/mol. The van der Waals surface area contributed by atoms with Gasteiger partial charge in [0.25, 0.3) is 0 Å². The standard InChI is InChI=1S/C11H14FN3O.2ClH/c1-11(6-16-5-10(14)15-11)8-4-7(13)2-3-9(8)12;;/h2-4H,5-6,13H2,1H3,(H2,14,15);2*1H/t11-;;/m1../s1. The Morgan fingerprint density at radius 2 is 2.00 bits per heavy atom. The molecule has 2 rings (SSSR count). The fraction of sp³-hybridized carbons (Fsp3) is 0.364. The number of benzene rings is 1. The molecule has 0 aliphatic carbocycles. The van der Waals surface area contributed by atoms with Gasteiger partial charge in [-0.05, 0) is 25.1 Å². The van der Waals surface area contributed by atoms with Gasteiger partial charge in [0.15, 0.2) is 0 Å². The van der Waals surface area contributed by atoms with E-state index < -0.39 is 5.54 Å². The zero-order valence-electron chi connectivity index (χ0n) is 9.85. The summed E-state index contributed by atoms with van der Waals surface area (Å²) in [5.74, 6) is 0.0225. The summed E-state index contributed by atoms with van der Waals surface area (Å²) in [6.45, 7) is 2.37. The van der Waals surface area contributed by atoms with Crippen molar-refractivity contribution in [2.45, 2.75) is 12.5 Å². The second kappa shape index (κ2) is 6.22. The van der Waals surface area contributed by atoms with Crippen molar-refractivity contribution in [2.24, 2.45) is 10.7 Å². The molecule has 0 saturated carbocycles. The van der Waals surface area contributed by atoms with E-state index in [9.17, 15) is 4.39 Å². The van der Waals surface area contributed by atoms with Gasteiger partial charge in [-0.3, -0.25) is 4.99 Å². The first-order chi connectivity index (χ1) is 7.51. The predicted octanol–water partition coefficient (Wildman–Crippen LogP) is 1.85. The molecular formula is C11H16Cl2FN3O. The van der Waals surface area contributed by atoms with E-state index in [-0.39, 0.29) is 30.6 Å². The lowest BCUT2D eigenvalue weighted by Crippen LogP contribution is -2.38. The van der Waals surface area contributed by atoms with Crippen molar-refractivity contribution in [3.05, 3.63) is 29.6 Å². The second-order valence-corrected chi connectivity index (χ2v) is 4.11. The number of hydrogen-bond acceptors (Lipinski definition) is 4. The molecule has 0 radical (unpaired) electrons. The molecular weight excluding hydrogens is 280 g/mol. The van der Waals surface area contributed by atoms with Gasteiger partial charge in [-0.2, -0.15) is 0 Å². The Morgan fingerprint density at radius 3 is 2.61 bits per heavy atom. The molecule has 1 aliphatic rings. The van der Waals surface area contributed by atoms with Crippen LogP contribution < -0.4 is 11.5 Å². The van der Waals surface area contributed by atoms with Crippen LogP contribution in [0.15, 0.2) is 23.2 Å². The van der Waals surface area contributed by atoms with Crippen molar-refractivity contribution < 1.29 is 9.13 Å². The monoisotopic (exact) mass is 295 g/mol. The fourth-order valence-corrected chi connectivity index (χ4v) is 1.83. The first-order valence-corrected chi connectivity index (χ1v) is 4.99. The van der Waals surface area contributed by atoms with Crippen molar-refractivity contribution in [3.8, 4) is 0 Å². The lowest BCUT2D eigenvalue weighted by molar-refractivity contribution is 0.104. The summed E-state index contributed by atoms with van der Waals surface area (Å²) in [6.07, 6.45) is 0. The maximum Gasteiger partial charge on any atom is 0.129 e.